The minimum absolute atomic E-state index is 0.0950. The third-order valence-corrected chi connectivity index (χ3v) is 5.64. The van der Waals surface area contributed by atoms with Gasteiger partial charge in [0.1, 0.15) is 5.01 Å². The number of hydrogen-bond acceptors (Lipinski definition) is 4. The fraction of sp³-hybridized carbons (Fsp3) is 0.500. The summed E-state index contributed by atoms with van der Waals surface area (Å²) in [6, 6.07) is 10.3. The van der Waals surface area contributed by atoms with E-state index in [1.807, 2.05) is 6.07 Å². The van der Waals surface area contributed by atoms with Crippen LogP contribution in [-0.2, 0) is 6.54 Å². The zero-order valence-electron chi connectivity index (χ0n) is 13.2. The molecule has 118 valence electrons. The Labute approximate surface area is 136 Å². The van der Waals surface area contributed by atoms with E-state index >= 15 is 0 Å². The predicted octanol–water partition coefficient (Wildman–Crippen LogP) is 3.79. The van der Waals surface area contributed by atoms with Crippen LogP contribution in [0.1, 0.15) is 31.2 Å². The van der Waals surface area contributed by atoms with Gasteiger partial charge >= 0.3 is 0 Å². The van der Waals surface area contributed by atoms with Crippen molar-refractivity contribution in [3.8, 4) is 11.3 Å². The average Bonchev–Trinajstić information content (AvgIpc) is 3.04. The molecule has 1 saturated heterocycles. The Bertz CT molecular complexity index is 592. The zero-order chi connectivity index (χ0) is 15.4. The molecule has 0 aliphatic carbocycles. The van der Waals surface area contributed by atoms with Gasteiger partial charge in [-0.2, -0.15) is 0 Å². The molecular weight excluding hydrogens is 292 g/mol. The van der Waals surface area contributed by atoms with Gasteiger partial charge in [-0.1, -0.05) is 37.3 Å². The third-order valence-electron chi connectivity index (χ3n) is 4.81. The summed E-state index contributed by atoms with van der Waals surface area (Å²) in [5.74, 6) is 0. The highest BCUT2D eigenvalue weighted by Gasteiger charge is 2.33. The highest BCUT2D eigenvalue weighted by Crippen LogP contribution is 2.33. The van der Waals surface area contributed by atoms with Crippen LogP contribution in [0.5, 0.6) is 0 Å². The number of thiazole rings is 1. The van der Waals surface area contributed by atoms with Crippen molar-refractivity contribution in [3.63, 3.8) is 0 Å². The van der Waals surface area contributed by atoms with Gasteiger partial charge in [-0.05, 0) is 25.8 Å². The summed E-state index contributed by atoms with van der Waals surface area (Å²) in [7, 11) is 0. The number of aliphatic hydroxyl groups excluding tert-OH is 1. The van der Waals surface area contributed by atoms with Crippen molar-refractivity contribution in [2.45, 2.75) is 32.7 Å². The molecule has 3 rings (SSSR count). The summed E-state index contributed by atoms with van der Waals surface area (Å²) >= 11 is 1.74. The fourth-order valence-corrected chi connectivity index (χ4v) is 4.14. The van der Waals surface area contributed by atoms with Crippen molar-refractivity contribution in [2.75, 3.05) is 19.7 Å². The van der Waals surface area contributed by atoms with E-state index in [9.17, 15) is 5.11 Å². The number of aromatic nitrogens is 1. The van der Waals surface area contributed by atoms with E-state index in [1.165, 1.54) is 17.0 Å². The van der Waals surface area contributed by atoms with Gasteiger partial charge < -0.3 is 5.11 Å². The first-order valence-electron chi connectivity index (χ1n) is 8.08. The van der Waals surface area contributed by atoms with E-state index in [4.69, 9.17) is 4.98 Å². The molecule has 0 radical (unpaired) electrons. The zero-order valence-corrected chi connectivity index (χ0v) is 14.0. The lowest BCUT2D eigenvalue weighted by molar-refractivity contribution is 0.0258. The maximum absolute atomic E-state index is 9.74. The van der Waals surface area contributed by atoms with E-state index in [-0.39, 0.29) is 5.41 Å². The van der Waals surface area contributed by atoms with Crippen LogP contribution in [0.4, 0.5) is 0 Å². The Kier molecular flexibility index (Phi) is 4.91. The Morgan fingerprint density at radius 2 is 2.14 bits per heavy atom. The van der Waals surface area contributed by atoms with Crippen molar-refractivity contribution in [1.82, 2.24) is 9.88 Å². The van der Waals surface area contributed by atoms with Gasteiger partial charge in [-0.25, -0.2) is 4.98 Å². The summed E-state index contributed by atoms with van der Waals surface area (Å²) in [4.78, 5) is 7.24. The molecule has 1 unspecified atom stereocenters. The van der Waals surface area contributed by atoms with Crippen molar-refractivity contribution < 1.29 is 5.11 Å². The summed E-state index contributed by atoms with van der Waals surface area (Å²) in [6.07, 6.45) is 3.36. The van der Waals surface area contributed by atoms with Gasteiger partial charge in [0.2, 0.25) is 0 Å². The molecule has 0 bridgehead atoms. The smallest absolute Gasteiger partial charge is 0.107 e. The quantitative estimate of drug-likeness (QED) is 0.911. The van der Waals surface area contributed by atoms with E-state index in [0.717, 1.165) is 38.2 Å². The van der Waals surface area contributed by atoms with Crippen molar-refractivity contribution in [3.05, 3.63) is 40.7 Å². The lowest BCUT2D eigenvalue weighted by Crippen LogP contribution is -2.44. The van der Waals surface area contributed by atoms with Gasteiger partial charge in [-0.3, -0.25) is 4.90 Å². The first-order valence-corrected chi connectivity index (χ1v) is 8.96. The maximum atomic E-state index is 9.74. The second kappa shape index (κ2) is 6.90. The number of benzene rings is 1. The highest BCUT2D eigenvalue weighted by molar-refractivity contribution is 7.09. The molecule has 0 amide bonds. The molecule has 2 heterocycles. The molecular formula is C18H24N2OS. The van der Waals surface area contributed by atoms with E-state index in [1.54, 1.807) is 11.3 Å². The summed E-state index contributed by atoms with van der Waals surface area (Å²) < 4.78 is 0. The lowest BCUT2D eigenvalue weighted by Gasteiger charge is -2.41. The van der Waals surface area contributed by atoms with Crippen molar-refractivity contribution in [1.29, 1.82) is 0 Å². The molecule has 2 aromatic rings. The Hall–Kier alpha value is -1.23. The van der Waals surface area contributed by atoms with Gasteiger partial charge in [0.25, 0.3) is 0 Å². The number of hydrogen-bond donors (Lipinski definition) is 1. The van der Waals surface area contributed by atoms with Crippen LogP contribution in [0.15, 0.2) is 35.7 Å². The SMILES string of the molecule is CCC1(CO)CCCN(Cc2nc(-c3ccccc3)cs2)C1. The number of piperidine rings is 1. The molecule has 1 fully saturated rings. The molecule has 1 aliphatic heterocycles. The minimum atomic E-state index is 0.0950. The molecule has 3 nitrogen and oxygen atoms in total. The lowest BCUT2D eigenvalue weighted by atomic mass is 9.78. The molecule has 1 aromatic carbocycles. The standard InChI is InChI=1S/C18H24N2OS/c1-2-18(14-21)9-6-10-20(13-18)11-17-19-16(12-22-17)15-7-4-3-5-8-15/h3-5,7-8,12,21H,2,6,9-11,13-14H2,1H3. The van der Waals surface area contributed by atoms with Gasteiger partial charge in [0.15, 0.2) is 0 Å². The first-order chi connectivity index (χ1) is 10.7. The summed E-state index contributed by atoms with van der Waals surface area (Å²) in [5.41, 5.74) is 2.35. The van der Waals surface area contributed by atoms with Crippen LogP contribution in [0.25, 0.3) is 11.3 Å². The van der Waals surface area contributed by atoms with Crippen LogP contribution < -0.4 is 0 Å². The minimum Gasteiger partial charge on any atom is -0.396 e. The van der Waals surface area contributed by atoms with E-state index in [0.29, 0.717) is 6.61 Å². The summed E-state index contributed by atoms with van der Waals surface area (Å²) in [5, 5.41) is 13.1. The van der Waals surface area contributed by atoms with E-state index in [2.05, 4.69) is 41.5 Å². The normalized spacial score (nSPS) is 22.8. The average molecular weight is 316 g/mol. The second-order valence-corrected chi connectivity index (χ2v) is 7.26. The molecule has 1 aromatic heterocycles. The summed E-state index contributed by atoms with van der Waals surface area (Å²) in [6.45, 7) is 5.49. The monoisotopic (exact) mass is 316 g/mol. The molecule has 1 aliphatic rings. The molecule has 4 heteroatoms. The van der Waals surface area contributed by atoms with Crippen LogP contribution in [0.3, 0.4) is 0 Å². The molecule has 0 spiro atoms. The highest BCUT2D eigenvalue weighted by atomic mass is 32.1. The van der Waals surface area contributed by atoms with Gasteiger partial charge in [0.05, 0.1) is 12.2 Å². The Morgan fingerprint density at radius 1 is 1.32 bits per heavy atom. The first kappa shape index (κ1) is 15.7. The van der Waals surface area contributed by atoms with Gasteiger partial charge in [0, 0.05) is 29.5 Å². The molecule has 0 saturated carbocycles. The molecule has 1 atom stereocenters. The molecule has 1 N–H and O–H groups in total. The predicted molar refractivity (Wildman–Crippen MR) is 91.9 cm³/mol. The van der Waals surface area contributed by atoms with E-state index < -0.39 is 0 Å². The number of likely N-dealkylation sites (tertiary alicyclic amines) is 1. The maximum Gasteiger partial charge on any atom is 0.107 e. The topological polar surface area (TPSA) is 36.4 Å². The van der Waals surface area contributed by atoms with Gasteiger partial charge in [-0.15, -0.1) is 11.3 Å². The van der Waals surface area contributed by atoms with Crippen molar-refractivity contribution in [2.24, 2.45) is 5.41 Å². The number of nitrogens with zero attached hydrogens (tertiary/aromatic N) is 2. The second-order valence-electron chi connectivity index (χ2n) is 6.32. The third kappa shape index (κ3) is 3.40. The van der Waals surface area contributed by atoms with Crippen molar-refractivity contribution >= 4 is 11.3 Å². The fourth-order valence-electron chi connectivity index (χ4n) is 3.29. The van der Waals surface area contributed by atoms with Crippen LogP contribution in [0.2, 0.25) is 0 Å². The Morgan fingerprint density at radius 3 is 2.86 bits per heavy atom. The number of aliphatic hydroxyl groups is 1. The van der Waals surface area contributed by atoms with Crippen LogP contribution in [-0.4, -0.2) is 34.7 Å². The largest absolute Gasteiger partial charge is 0.396 e. The number of rotatable bonds is 5. The van der Waals surface area contributed by atoms with Crippen LogP contribution >= 0.6 is 11.3 Å². The Balaban J connectivity index is 1.68. The van der Waals surface area contributed by atoms with Crippen LogP contribution in [0, 0.1) is 5.41 Å². The molecule has 22 heavy (non-hydrogen) atoms.